The van der Waals surface area contributed by atoms with Gasteiger partial charge in [0.05, 0.1) is 6.10 Å². The number of hydrogen-bond donors (Lipinski definition) is 0. The highest BCUT2D eigenvalue weighted by Gasteiger charge is 2.20. The normalized spacial score (nSPS) is 23.6. The Hall–Kier alpha value is -0.350. The number of hydrogen-bond acceptors (Lipinski definition) is 1. The zero-order valence-corrected chi connectivity index (χ0v) is 11.0. The Kier molecular flexibility index (Phi) is 3.81. The molecule has 1 saturated carbocycles. The van der Waals surface area contributed by atoms with E-state index < -0.39 is 0 Å². The zero-order chi connectivity index (χ0) is 10.7. The van der Waals surface area contributed by atoms with Gasteiger partial charge in [0.15, 0.2) is 0 Å². The third kappa shape index (κ3) is 2.61. The van der Waals surface area contributed by atoms with Gasteiger partial charge in [0, 0.05) is 10.7 Å². The SMILES string of the molecule is COC1CCCC1=Cc1ccccc1I. The molecule has 0 bridgehead atoms. The van der Waals surface area contributed by atoms with Gasteiger partial charge in [-0.25, -0.2) is 0 Å². The number of methoxy groups -OCH3 is 1. The lowest BCUT2D eigenvalue weighted by Gasteiger charge is -2.10. The molecule has 1 unspecified atom stereocenters. The van der Waals surface area contributed by atoms with E-state index in [1.165, 1.54) is 34.0 Å². The van der Waals surface area contributed by atoms with Crippen LogP contribution in [0.15, 0.2) is 29.8 Å². The van der Waals surface area contributed by atoms with E-state index in [-0.39, 0.29) is 0 Å². The molecule has 2 heteroatoms. The summed E-state index contributed by atoms with van der Waals surface area (Å²) < 4.78 is 6.77. The molecule has 0 radical (unpaired) electrons. The molecule has 0 aliphatic heterocycles. The second-order valence-electron chi connectivity index (χ2n) is 3.86. The van der Waals surface area contributed by atoms with Crippen LogP contribution in [0.5, 0.6) is 0 Å². The van der Waals surface area contributed by atoms with Crippen molar-refractivity contribution in [2.45, 2.75) is 25.4 Å². The number of benzene rings is 1. The van der Waals surface area contributed by atoms with E-state index in [2.05, 4.69) is 52.9 Å². The molecule has 1 aliphatic carbocycles. The van der Waals surface area contributed by atoms with E-state index in [1.54, 1.807) is 7.11 Å². The molecule has 1 aliphatic rings. The van der Waals surface area contributed by atoms with Gasteiger partial charge in [-0.15, -0.1) is 0 Å². The van der Waals surface area contributed by atoms with E-state index in [4.69, 9.17) is 4.74 Å². The summed E-state index contributed by atoms with van der Waals surface area (Å²) in [5, 5.41) is 0. The Labute approximate surface area is 105 Å². The summed E-state index contributed by atoms with van der Waals surface area (Å²) in [6, 6.07) is 8.47. The first-order chi connectivity index (χ1) is 7.31. The maximum atomic E-state index is 5.47. The summed E-state index contributed by atoms with van der Waals surface area (Å²) in [7, 11) is 1.81. The van der Waals surface area contributed by atoms with Crippen molar-refractivity contribution in [2.24, 2.45) is 0 Å². The van der Waals surface area contributed by atoms with Crippen molar-refractivity contribution in [1.29, 1.82) is 0 Å². The predicted molar refractivity (Wildman–Crippen MR) is 71.8 cm³/mol. The number of halogens is 1. The first kappa shape index (κ1) is 11.1. The van der Waals surface area contributed by atoms with Crippen LogP contribution < -0.4 is 0 Å². The van der Waals surface area contributed by atoms with Crippen molar-refractivity contribution in [3.05, 3.63) is 39.0 Å². The average Bonchev–Trinajstić information content (AvgIpc) is 2.69. The summed E-state index contributed by atoms with van der Waals surface area (Å²) in [4.78, 5) is 0. The second-order valence-corrected chi connectivity index (χ2v) is 5.02. The van der Waals surface area contributed by atoms with Crippen molar-refractivity contribution >= 4 is 28.7 Å². The van der Waals surface area contributed by atoms with Gasteiger partial charge in [-0.3, -0.25) is 0 Å². The van der Waals surface area contributed by atoms with Crippen LogP contribution in [0.4, 0.5) is 0 Å². The molecule has 1 aromatic carbocycles. The topological polar surface area (TPSA) is 9.23 Å². The lowest BCUT2D eigenvalue weighted by molar-refractivity contribution is 0.137. The Morgan fingerprint density at radius 2 is 2.20 bits per heavy atom. The zero-order valence-electron chi connectivity index (χ0n) is 8.87. The molecule has 1 aromatic rings. The third-order valence-electron chi connectivity index (χ3n) is 2.88. The van der Waals surface area contributed by atoms with Crippen LogP contribution >= 0.6 is 22.6 Å². The molecule has 1 atom stereocenters. The van der Waals surface area contributed by atoms with Gasteiger partial charge >= 0.3 is 0 Å². The van der Waals surface area contributed by atoms with Gasteiger partial charge in [-0.05, 0) is 59.1 Å². The quantitative estimate of drug-likeness (QED) is 0.753. The highest BCUT2D eigenvalue weighted by atomic mass is 127. The van der Waals surface area contributed by atoms with E-state index in [0.29, 0.717) is 6.10 Å². The van der Waals surface area contributed by atoms with Crippen molar-refractivity contribution in [3.63, 3.8) is 0 Å². The van der Waals surface area contributed by atoms with Gasteiger partial charge in [-0.1, -0.05) is 24.3 Å². The van der Waals surface area contributed by atoms with Crippen molar-refractivity contribution in [3.8, 4) is 0 Å². The van der Waals surface area contributed by atoms with E-state index in [0.717, 1.165) is 0 Å². The lowest BCUT2D eigenvalue weighted by atomic mass is 10.1. The highest BCUT2D eigenvalue weighted by molar-refractivity contribution is 14.1. The van der Waals surface area contributed by atoms with Crippen LogP contribution in [0.25, 0.3) is 6.08 Å². The molecule has 2 rings (SSSR count). The van der Waals surface area contributed by atoms with Crippen LogP contribution in [0, 0.1) is 3.57 Å². The fourth-order valence-electron chi connectivity index (χ4n) is 2.06. The summed E-state index contributed by atoms with van der Waals surface area (Å²) in [5.74, 6) is 0. The Morgan fingerprint density at radius 3 is 2.93 bits per heavy atom. The minimum absolute atomic E-state index is 0.348. The first-order valence-corrected chi connectivity index (χ1v) is 6.37. The number of rotatable bonds is 2. The minimum Gasteiger partial charge on any atom is -0.377 e. The van der Waals surface area contributed by atoms with Crippen molar-refractivity contribution in [2.75, 3.05) is 7.11 Å². The summed E-state index contributed by atoms with van der Waals surface area (Å²) in [6.07, 6.45) is 6.26. The highest BCUT2D eigenvalue weighted by Crippen LogP contribution is 2.29. The summed E-state index contributed by atoms with van der Waals surface area (Å²) in [5.41, 5.74) is 2.76. The van der Waals surface area contributed by atoms with Gasteiger partial charge in [0.25, 0.3) is 0 Å². The Balaban J connectivity index is 2.26. The van der Waals surface area contributed by atoms with Gasteiger partial charge in [0.1, 0.15) is 0 Å². The minimum atomic E-state index is 0.348. The number of ether oxygens (including phenoxy) is 1. The molecule has 0 N–H and O–H groups in total. The second kappa shape index (κ2) is 5.12. The molecular formula is C13H15IO. The van der Waals surface area contributed by atoms with Gasteiger partial charge in [0.2, 0.25) is 0 Å². The maximum absolute atomic E-state index is 5.47. The largest absolute Gasteiger partial charge is 0.377 e. The summed E-state index contributed by atoms with van der Waals surface area (Å²) >= 11 is 2.38. The van der Waals surface area contributed by atoms with Crippen molar-refractivity contribution < 1.29 is 4.74 Å². The third-order valence-corrected chi connectivity index (χ3v) is 3.86. The molecule has 0 heterocycles. The molecule has 0 spiro atoms. The molecule has 0 saturated heterocycles. The molecule has 15 heavy (non-hydrogen) atoms. The molecule has 80 valence electrons. The maximum Gasteiger partial charge on any atom is 0.0784 e. The van der Waals surface area contributed by atoms with E-state index in [9.17, 15) is 0 Å². The monoisotopic (exact) mass is 314 g/mol. The summed E-state index contributed by atoms with van der Waals surface area (Å²) in [6.45, 7) is 0. The van der Waals surface area contributed by atoms with Gasteiger partial charge < -0.3 is 4.74 Å². The molecule has 1 nitrogen and oxygen atoms in total. The van der Waals surface area contributed by atoms with Crippen LogP contribution in [0.1, 0.15) is 24.8 Å². The van der Waals surface area contributed by atoms with E-state index in [1.807, 2.05) is 0 Å². The van der Waals surface area contributed by atoms with Crippen LogP contribution in [-0.4, -0.2) is 13.2 Å². The van der Waals surface area contributed by atoms with Crippen molar-refractivity contribution in [1.82, 2.24) is 0 Å². The fraction of sp³-hybridized carbons (Fsp3) is 0.385. The standard InChI is InChI=1S/C13H15IO/c1-15-13-8-4-6-11(13)9-10-5-2-3-7-12(10)14/h2-3,5,7,9,13H,4,6,8H2,1H3. The molecule has 0 aromatic heterocycles. The molecule has 1 fully saturated rings. The fourth-order valence-corrected chi connectivity index (χ4v) is 2.61. The lowest BCUT2D eigenvalue weighted by Crippen LogP contribution is -2.06. The van der Waals surface area contributed by atoms with Crippen LogP contribution in [0.2, 0.25) is 0 Å². The predicted octanol–water partition coefficient (Wildman–Crippen LogP) is 3.87. The first-order valence-electron chi connectivity index (χ1n) is 5.29. The van der Waals surface area contributed by atoms with Crippen LogP contribution in [-0.2, 0) is 4.74 Å². The van der Waals surface area contributed by atoms with Crippen LogP contribution in [0.3, 0.4) is 0 Å². The van der Waals surface area contributed by atoms with E-state index >= 15 is 0 Å². The molecular weight excluding hydrogens is 299 g/mol. The Bertz CT molecular complexity index is 371. The Morgan fingerprint density at radius 1 is 1.40 bits per heavy atom. The molecule has 0 amide bonds. The smallest absolute Gasteiger partial charge is 0.0784 e. The van der Waals surface area contributed by atoms with Gasteiger partial charge in [-0.2, -0.15) is 0 Å². The average molecular weight is 314 g/mol.